The van der Waals surface area contributed by atoms with E-state index in [4.69, 9.17) is 4.74 Å². The number of carbonyl (C=O) groups is 1. The number of amides is 1. The fourth-order valence-electron chi connectivity index (χ4n) is 3.96. The summed E-state index contributed by atoms with van der Waals surface area (Å²) in [7, 11) is 0. The summed E-state index contributed by atoms with van der Waals surface area (Å²) in [5, 5.41) is 5.34. The molecule has 31 heavy (non-hydrogen) atoms. The molecule has 2 aliphatic rings. The zero-order valence-corrected chi connectivity index (χ0v) is 16.9. The smallest absolute Gasteiger partial charge is 0.372 e. The van der Waals surface area contributed by atoms with E-state index in [-0.39, 0.29) is 29.2 Å². The number of hydrogen-bond acceptors (Lipinski definition) is 4. The fourth-order valence-corrected chi connectivity index (χ4v) is 3.96. The van der Waals surface area contributed by atoms with E-state index in [1.165, 1.54) is 36.5 Å². The van der Waals surface area contributed by atoms with Crippen LogP contribution in [0.5, 0.6) is 0 Å². The van der Waals surface area contributed by atoms with E-state index >= 15 is 0 Å². The zero-order chi connectivity index (χ0) is 22.3. The van der Waals surface area contributed by atoms with Crippen molar-refractivity contribution >= 4 is 28.5 Å². The van der Waals surface area contributed by atoms with Gasteiger partial charge in [-0.1, -0.05) is 0 Å². The highest BCUT2D eigenvalue weighted by Crippen LogP contribution is 2.39. The highest BCUT2D eigenvalue weighted by molar-refractivity contribution is 6.31. The lowest BCUT2D eigenvalue weighted by Gasteiger charge is -2.38. The van der Waals surface area contributed by atoms with Gasteiger partial charge in [0, 0.05) is 41.9 Å². The molecular weight excluding hydrogens is 414 g/mol. The predicted octanol–water partition coefficient (Wildman–Crippen LogP) is 4.86. The Kier molecular flexibility index (Phi) is 5.38. The summed E-state index contributed by atoms with van der Waals surface area (Å²) in [6.45, 7) is 4.36. The fraction of sp³-hybridized carbons (Fsp3) is 0.318. The molecular formula is C22H21F4N3O2. The summed E-state index contributed by atoms with van der Waals surface area (Å²) in [5.74, 6) is -0.976. The van der Waals surface area contributed by atoms with Crippen LogP contribution >= 0.6 is 0 Å². The normalized spacial score (nSPS) is 22.5. The highest BCUT2D eigenvalue weighted by atomic mass is 19.4. The van der Waals surface area contributed by atoms with Crippen LogP contribution in [0.15, 0.2) is 42.6 Å². The third-order valence-electron chi connectivity index (χ3n) is 5.21. The lowest BCUT2D eigenvalue weighted by atomic mass is 10.1. The quantitative estimate of drug-likeness (QED) is 0.534. The van der Waals surface area contributed by atoms with Gasteiger partial charge in [-0.25, -0.2) is 4.39 Å². The van der Waals surface area contributed by atoms with Crippen molar-refractivity contribution in [3.63, 3.8) is 0 Å². The molecule has 0 aromatic heterocycles. The van der Waals surface area contributed by atoms with Gasteiger partial charge in [0.25, 0.3) is 5.91 Å². The number of hydrogen-bond donors (Lipinski definition) is 2. The minimum atomic E-state index is -4.56. The standard InChI is InChI=1S/C22H21F4N3O2/c1-12-10-29(11-13(2)31-12)20-6-4-15(8-18(20)22(24,25)26)27-9-17-16-7-14(23)3-5-19(16)28-21(17)30/h3-9,12-13,27H,10-11H2,1-2H3,(H,28,30)/b17-9+. The molecule has 2 heterocycles. The Labute approximate surface area is 176 Å². The van der Waals surface area contributed by atoms with E-state index in [0.29, 0.717) is 24.3 Å². The van der Waals surface area contributed by atoms with Crippen LogP contribution in [0.3, 0.4) is 0 Å². The largest absolute Gasteiger partial charge is 0.418 e. The maximum absolute atomic E-state index is 13.8. The van der Waals surface area contributed by atoms with Crippen LogP contribution in [0, 0.1) is 5.82 Å². The van der Waals surface area contributed by atoms with Gasteiger partial charge in [-0.3, -0.25) is 4.79 Å². The first-order chi connectivity index (χ1) is 14.6. The number of halogens is 4. The van der Waals surface area contributed by atoms with Crippen LogP contribution in [0.2, 0.25) is 0 Å². The monoisotopic (exact) mass is 435 g/mol. The SMILES string of the molecule is CC1CN(c2ccc(N/C=C3/C(=O)Nc4ccc(F)cc43)cc2C(F)(F)F)CC(C)O1. The van der Waals surface area contributed by atoms with Crippen LogP contribution in [0.4, 0.5) is 34.6 Å². The molecule has 1 saturated heterocycles. The van der Waals surface area contributed by atoms with Gasteiger partial charge >= 0.3 is 6.18 Å². The van der Waals surface area contributed by atoms with Crippen LogP contribution in [0.25, 0.3) is 5.57 Å². The number of rotatable bonds is 3. The molecule has 164 valence electrons. The number of ether oxygens (including phenoxy) is 1. The second-order valence-corrected chi connectivity index (χ2v) is 7.74. The van der Waals surface area contributed by atoms with E-state index in [0.717, 1.165) is 6.07 Å². The Morgan fingerprint density at radius 2 is 1.84 bits per heavy atom. The Balaban J connectivity index is 1.64. The number of carbonyl (C=O) groups excluding carboxylic acids is 1. The van der Waals surface area contributed by atoms with Crippen molar-refractivity contribution in [1.29, 1.82) is 0 Å². The maximum Gasteiger partial charge on any atom is 0.418 e. The molecule has 0 bridgehead atoms. The molecule has 9 heteroatoms. The van der Waals surface area contributed by atoms with Gasteiger partial charge in [0.15, 0.2) is 0 Å². The van der Waals surface area contributed by atoms with Gasteiger partial charge in [0.2, 0.25) is 0 Å². The Morgan fingerprint density at radius 3 is 2.52 bits per heavy atom. The first-order valence-corrected chi connectivity index (χ1v) is 9.81. The van der Waals surface area contributed by atoms with Crippen molar-refractivity contribution in [2.24, 2.45) is 0 Å². The molecule has 2 aromatic rings. The zero-order valence-electron chi connectivity index (χ0n) is 16.9. The minimum Gasteiger partial charge on any atom is -0.372 e. The molecule has 2 N–H and O–H groups in total. The number of nitrogens with one attached hydrogen (secondary N) is 2. The minimum absolute atomic E-state index is 0.0822. The number of benzene rings is 2. The van der Waals surface area contributed by atoms with E-state index in [2.05, 4.69) is 10.6 Å². The summed E-state index contributed by atoms with van der Waals surface area (Å²) >= 11 is 0. The second-order valence-electron chi connectivity index (χ2n) is 7.74. The molecule has 0 spiro atoms. The first kappa shape index (κ1) is 21.2. The molecule has 2 aromatic carbocycles. The van der Waals surface area contributed by atoms with Crippen molar-refractivity contribution in [3.05, 3.63) is 59.5 Å². The predicted molar refractivity (Wildman–Crippen MR) is 110 cm³/mol. The molecule has 0 radical (unpaired) electrons. The average molecular weight is 435 g/mol. The van der Waals surface area contributed by atoms with Gasteiger partial charge < -0.3 is 20.3 Å². The van der Waals surface area contributed by atoms with Crippen molar-refractivity contribution in [1.82, 2.24) is 0 Å². The number of alkyl halides is 3. The van der Waals surface area contributed by atoms with Gasteiger partial charge in [-0.05, 0) is 50.2 Å². The molecule has 2 atom stereocenters. The lowest BCUT2D eigenvalue weighted by molar-refractivity contribution is -0.137. The Hall–Kier alpha value is -3.07. The molecule has 2 unspecified atom stereocenters. The molecule has 0 saturated carbocycles. The van der Waals surface area contributed by atoms with E-state index < -0.39 is 23.5 Å². The molecule has 2 aliphatic heterocycles. The van der Waals surface area contributed by atoms with Gasteiger partial charge in [-0.2, -0.15) is 13.2 Å². The third-order valence-corrected chi connectivity index (χ3v) is 5.21. The topological polar surface area (TPSA) is 53.6 Å². The number of morpholine rings is 1. The summed E-state index contributed by atoms with van der Waals surface area (Å²) in [6, 6.07) is 7.80. The van der Waals surface area contributed by atoms with Crippen molar-refractivity contribution in [2.75, 3.05) is 28.6 Å². The Bertz CT molecular complexity index is 1040. The summed E-state index contributed by atoms with van der Waals surface area (Å²) in [6.07, 6.45) is -3.65. The van der Waals surface area contributed by atoms with Gasteiger partial charge in [-0.15, -0.1) is 0 Å². The van der Waals surface area contributed by atoms with Crippen LogP contribution < -0.4 is 15.5 Å². The molecule has 0 aliphatic carbocycles. The van der Waals surface area contributed by atoms with E-state index in [9.17, 15) is 22.4 Å². The van der Waals surface area contributed by atoms with Crippen molar-refractivity contribution in [3.8, 4) is 0 Å². The highest BCUT2D eigenvalue weighted by Gasteiger charge is 2.36. The van der Waals surface area contributed by atoms with Gasteiger partial charge in [0.05, 0.1) is 23.3 Å². The number of fused-ring (bicyclic) bond motifs is 1. The van der Waals surface area contributed by atoms with Crippen molar-refractivity contribution in [2.45, 2.75) is 32.2 Å². The first-order valence-electron chi connectivity index (χ1n) is 9.81. The van der Waals surface area contributed by atoms with Crippen LogP contribution in [-0.2, 0) is 15.7 Å². The average Bonchev–Trinajstić information content (AvgIpc) is 2.99. The maximum atomic E-state index is 13.8. The van der Waals surface area contributed by atoms with E-state index in [1.807, 2.05) is 13.8 Å². The van der Waals surface area contributed by atoms with Gasteiger partial charge in [0.1, 0.15) is 5.82 Å². The summed E-state index contributed by atoms with van der Waals surface area (Å²) in [5.41, 5.74) is 0.402. The Morgan fingerprint density at radius 1 is 1.13 bits per heavy atom. The molecule has 4 rings (SSSR count). The molecule has 1 fully saturated rings. The molecule has 5 nitrogen and oxygen atoms in total. The number of nitrogens with zero attached hydrogens (tertiary/aromatic N) is 1. The van der Waals surface area contributed by atoms with Crippen LogP contribution in [0.1, 0.15) is 25.0 Å². The van der Waals surface area contributed by atoms with Crippen LogP contribution in [-0.4, -0.2) is 31.2 Å². The summed E-state index contributed by atoms with van der Waals surface area (Å²) < 4.78 is 60.6. The third kappa shape index (κ3) is 4.36. The number of anilines is 3. The summed E-state index contributed by atoms with van der Waals surface area (Å²) in [4.78, 5) is 13.8. The lowest BCUT2D eigenvalue weighted by Crippen LogP contribution is -2.46. The van der Waals surface area contributed by atoms with E-state index in [1.54, 1.807) is 4.90 Å². The molecule has 1 amide bonds. The van der Waals surface area contributed by atoms with Crippen molar-refractivity contribution < 1.29 is 27.1 Å². The second kappa shape index (κ2) is 7.88.